The van der Waals surface area contributed by atoms with Crippen LogP contribution in [-0.2, 0) is 16.0 Å². The summed E-state index contributed by atoms with van der Waals surface area (Å²) in [5.41, 5.74) is 0.380. The van der Waals surface area contributed by atoms with Crippen LogP contribution in [0.3, 0.4) is 0 Å². The molecule has 122 valence electrons. The molecule has 0 saturated heterocycles. The fourth-order valence-corrected chi connectivity index (χ4v) is 3.13. The lowest BCUT2D eigenvalue weighted by Crippen LogP contribution is -2.54. The summed E-state index contributed by atoms with van der Waals surface area (Å²) in [6.45, 7) is 6.98. The lowest BCUT2D eigenvalue weighted by atomic mass is 9.95. The maximum atomic E-state index is 12.1. The molecule has 23 heavy (non-hydrogen) atoms. The molecule has 2 aromatic rings. The molecule has 0 heterocycles. The maximum absolute atomic E-state index is 12.1. The van der Waals surface area contributed by atoms with Crippen molar-refractivity contribution in [3.63, 3.8) is 0 Å². The Morgan fingerprint density at radius 2 is 1.70 bits per heavy atom. The maximum Gasteiger partial charge on any atom is 0.326 e. The third kappa shape index (κ3) is 3.70. The number of carboxylic acid groups (broad SMARTS) is 1. The zero-order valence-corrected chi connectivity index (χ0v) is 14.0. The van der Waals surface area contributed by atoms with Gasteiger partial charge in [0.25, 0.3) is 0 Å². The number of rotatable bonds is 4. The second-order valence-electron chi connectivity index (χ2n) is 6.76. The highest BCUT2D eigenvalue weighted by atomic mass is 16.4. The number of aliphatic carboxylic acids is 1. The van der Waals surface area contributed by atoms with E-state index in [0.29, 0.717) is 0 Å². The Morgan fingerprint density at radius 1 is 1.09 bits per heavy atom. The van der Waals surface area contributed by atoms with Crippen molar-refractivity contribution in [3.05, 3.63) is 48.0 Å². The molecule has 0 saturated carbocycles. The standard InChI is InChI=1S/C19H23NO3/c1-13(21)20(19(2,3)4)17(18(22)23)12-15-10-7-9-14-8-5-6-11-16(14)15/h5-11,17H,12H2,1-4H3,(H,22,23)/t17-/m0/s1. The Bertz CT molecular complexity index is 725. The number of amides is 1. The van der Waals surface area contributed by atoms with Crippen LogP contribution < -0.4 is 0 Å². The summed E-state index contributed by atoms with van der Waals surface area (Å²) in [6.07, 6.45) is 0.285. The SMILES string of the molecule is CC(=O)N([C@@H](Cc1cccc2ccccc12)C(=O)O)C(C)(C)C. The number of hydrogen-bond donors (Lipinski definition) is 1. The fraction of sp³-hybridized carbons (Fsp3) is 0.368. The van der Waals surface area contributed by atoms with Crippen LogP contribution in [0.25, 0.3) is 10.8 Å². The predicted molar refractivity (Wildman–Crippen MR) is 91.3 cm³/mol. The molecule has 0 fully saturated rings. The van der Waals surface area contributed by atoms with Gasteiger partial charge in [0.15, 0.2) is 0 Å². The molecule has 0 spiro atoms. The first-order chi connectivity index (χ1) is 10.7. The second kappa shape index (κ2) is 6.41. The quantitative estimate of drug-likeness (QED) is 0.940. The highest BCUT2D eigenvalue weighted by Gasteiger charge is 2.35. The number of benzene rings is 2. The Balaban J connectivity index is 2.47. The zero-order chi connectivity index (χ0) is 17.2. The van der Waals surface area contributed by atoms with Gasteiger partial charge in [-0.3, -0.25) is 4.79 Å². The Labute approximate surface area is 136 Å². The summed E-state index contributed by atoms with van der Waals surface area (Å²) in [4.78, 5) is 25.3. The molecule has 1 atom stereocenters. The van der Waals surface area contributed by atoms with Gasteiger partial charge in [0.2, 0.25) is 5.91 Å². The van der Waals surface area contributed by atoms with E-state index in [1.54, 1.807) is 0 Å². The Hall–Kier alpha value is -2.36. The van der Waals surface area contributed by atoms with Crippen molar-refractivity contribution in [1.82, 2.24) is 4.90 Å². The molecule has 1 N–H and O–H groups in total. The molecule has 0 aliphatic carbocycles. The number of fused-ring (bicyclic) bond motifs is 1. The summed E-state index contributed by atoms with van der Waals surface area (Å²) < 4.78 is 0. The second-order valence-corrected chi connectivity index (χ2v) is 6.76. The number of carbonyl (C=O) groups is 2. The van der Waals surface area contributed by atoms with Gasteiger partial charge in [0.1, 0.15) is 6.04 Å². The van der Waals surface area contributed by atoms with E-state index in [0.717, 1.165) is 16.3 Å². The van der Waals surface area contributed by atoms with Crippen molar-refractivity contribution in [2.75, 3.05) is 0 Å². The van der Waals surface area contributed by atoms with E-state index in [2.05, 4.69) is 0 Å². The van der Waals surface area contributed by atoms with Crippen LogP contribution in [0.2, 0.25) is 0 Å². The van der Waals surface area contributed by atoms with Crippen LogP contribution in [0.15, 0.2) is 42.5 Å². The van der Waals surface area contributed by atoms with Crippen LogP contribution in [0, 0.1) is 0 Å². The van der Waals surface area contributed by atoms with Crippen LogP contribution >= 0.6 is 0 Å². The van der Waals surface area contributed by atoms with Gasteiger partial charge >= 0.3 is 5.97 Å². The molecule has 0 aromatic heterocycles. The molecule has 0 aliphatic heterocycles. The van der Waals surface area contributed by atoms with Crippen molar-refractivity contribution in [2.24, 2.45) is 0 Å². The minimum Gasteiger partial charge on any atom is -0.480 e. The van der Waals surface area contributed by atoms with Gasteiger partial charge in [-0.05, 0) is 37.1 Å². The molecule has 2 rings (SSSR count). The summed E-state index contributed by atoms with van der Waals surface area (Å²) in [5, 5.41) is 11.8. The largest absolute Gasteiger partial charge is 0.480 e. The first-order valence-corrected chi connectivity index (χ1v) is 7.71. The van der Waals surface area contributed by atoms with Gasteiger partial charge in [-0.1, -0.05) is 42.5 Å². The van der Waals surface area contributed by atoms with E-state index in [9.17, 15) is 14.7 Å². The zero-order valence-electron chi connectivity index (χ0n) is 14.0. The molecule has 0 bridgehead atoms. The lowest BCUT2D eigenvalue weighted by Gasteiger charge is -2.39. The minimum absolute atomic E-state index is 0.231. The molecule has 1 amide bonds. The monoisotopic (exact) mass is 313 g/mol. The van der Waals surface area contributed by atoms with Crippen molar-refractivity contribution < 1.29 is 14.7 Å². The predicted octanol–water partition coefficient (Wildman–Crippen LogP) is 3.48. The van der Waals surface area contributed by atoms with Gasteiger partial charge < -0.3 is 10.0 Å². The van der Waals surface area contributed by atoms with Crippen molar-refractivity contribution in [3.8, 4) is 0 Å². The van der Waals surface area contributed by atoms with E-state index < -0.39 is 17.6 Å². The average molecular weight is 313 g/mol. The first kappa shape index (κ1) is 17.0. The van der Waals surface area contributed by atoms with E-state index >= 15 is 0 Å². The molecular formula is C19H23NO3. The van der Waals surface area contributed by atoms with Gasteiger partial charge in [-0.2, -0.15) is 0 Å². The van der Waals surface area contributed by atoms with Crippen molar-refractivity contribution in [2.45, 2.75) is 45.7 Å². The summed E-state index contributed by atoms with van der Waals surface area (Å²) in [7, 11) is 0. The van der Waals surface area contributed by atoms with Crippen LogP contribution in [0.1, 0.15) is 33.3 Å². The summed E-state index contributed by atoms with van der Waals surface area (Å²) in [5.74, 6) is -1.21. The van der Waals surface area contributed by atoms with E-state index in [1.165, 1.54) is 11.8 Å². The minimum atomic E-state index is -0.983. The summed E-state index contributed by atoms with van der Waals surface area (Å²) >= 11 is 0. The smallest absolute Gasteiger partial charge is 0.326 e. The number of nitrogens with zero attached hydrogens (tertiary/aromatic N) is 1. The average Bonchev–Trinajstić information content (AvgIpc) is 2.45. The van der Waals surface area contributed by atoms with Crippen molar-refractivity contribution >= 4 is 22.6 Å². The van der Waals surface area contributed by atoms with Gasteiger partial charge in [0.05, 0.1) is 0 Å². The molecule has 2 aromatic carbocycles. The third-order valence-corrected chi connectivity index (χ3v) is 3.95. The van der Waals surface area contributed by atoms with E-state index in [1.807, 2.05) is 63.2 Å². The number of carboxylic acids is 1. The van der Waals surface area contributed by atoms with Crippen LogP contribution in [0.5, 0.6) is 0 Å². The highest BCUT2D eigenvalue weighted by molar-refractivity contribution is 5.87. The number of hydrogen-bond acceptors (Lipinski definition) is 2. The Kier molecular flexibility index (Phi) is 4.73. The molecule has 0 radical (unpaired) electrons. The topological polar surface area (TPSA) is 57.6 Å². The molecule has 0 aliphatic rings. The molecule has 4 nitrogen and oxygen atoms in total. The van der Waals surface area contributed by atoms with Crippen LogP contribution in [0.4, 0.5) is 0 Å². The third-order valence-electron chi connectivity index (χ3n) is 3.95. The van der Waals surface area contributed by atoms with Gasteiger partial charge in [0, 0.05) is 18.9 Å². The fourth-order valence-electron chi connectivity index (χ4n) is 3.13. The van der Waals surface area contributed by atoms with E-state index in [4.69, 9.17) is 0 Å². The highest BCUT2D eigenvalue weighted by Crippen LogP contribution is 2.24. The van der Waals surface area contributed by atoms with E-state index in [-0.39, 0.29) is 12.3 Å². The number of carbonyl (C=O) groups excluding carboxylic acids is 1. The summed E-state index contributed by atoms with van der Waals surface area (Å²) in [6, 6.07) is 12.8. The Morgan fingerprint density at radius 3 is 2.26 bits per heavy atom. The lowest BCUT2D eigenvalue weighted by molar-refractivity contribution is -0.153. The molecule has 4 heteroatoms. The first-order valence-electron chi connectivity index (χ1n) is 7.71. The molecular weight excluding hydrogens is 290 g/mol. The van der Waals surface area contributed by atoms with Crippen LogP contribution in [-0.4, -0.2) is 33.5 Å². The van der Waals surface area contributed by atoms with Crippen molar-refractivity contribution in [1.29, 1.82) is 0 Å². The molecule has 0 unspecified atom stereocenters. The normalized spacial score (nSPS) is 12.9. The van der Waals surface area contributed by atoms with Gasteiger partial charge in [-0.15, -0.1) is 0 Å². The van der Waals surface area contributed by atoms with Gasteiger partial charge in [-0.25, -0.2) is 4.79 Å².